The van der Waals surface area contributed by atoms with Crippen LogP contribution >= 0.6 is 0 Å². The average Bonchev–Trinajstić information content (AvgIpc) is 3.26. The third-order valence-corrected chi connectivity index (χ3v) is 5.44. The number of rotatable bonds is 9. The predicted octanol–water partition coefficient (Wildman–Crippen LogP) is 4.30. The first-order valence-corrected chi connectivity index (χ1v) is 9.56. The van der Waals surface area contributed by atoms with Gasteiger partial charge in [-0.2, -0.15) is 0 Å². The second-order valence-electron chi connectivity index (χ2n) is 8.21. The van der Waals surface area contributed by atoms with E-state index in [1.54, 1.807) is 0 Å². The van der Waals surface area contributed by atoms with E-state index in [1.807, 2.05) is 0 Å². The predicted molar refractivity (Wildman–Crippen MR) is 92.7 cm³/mol. The van der Waals surface area contributed by atoms with Crippen LogP contribution in [-0.4, -0.2) is 37.6 Å². The highest BCUT2D eigenvalue weighted by Crippen LogP contribution is 2.37. The van der Waals surface area contributed by atoms with Gasteiger partial charge in [-0.3, -0.25) is 0 Å². The number of nitrogens with zero attached hydrogens (tertiary/aromatic N) is 1. The highest BCUT2D eigenvalue weighted by atomic mass is 15.1. The van der Waals surface area contributed by atoms with Crippen molar-refractivity contribution in [1.29, 1.82) is 0 Å². The SMILES string of the molecule is CCN(CC1CC1)CC1(CNCC(C)C)CCCCCC1. The molecule has 1 N–H and O–H groups in total. The van der Waals surface area contributed by atoms with Crippen molar-refractivity contribution in [3.05, 3.63) is 0 Å². The van der Waals surface area contributed by atoms with Gasteiger partial charge < -0.3 is 10.2 Å². The second-order valence-corrected chi connectivity index (χ2v) is 8.21. The van der Waals surface area contributed by atoms with Crippen LogP contribution in [0.3, 0.4) is 0 Å². The van der Waals surface area contributed by atoms with Gasteiger partial charge in [-0.1, -0.05) is 46.5 Å². The van der Waals surface area contributed by atoms with Gasteiger partial charge in [0.05, 0.1) is 0 Å². The van der Waals surface area contributed by atoms with Gasteiger partial charge in [0.1, 0.15) is 0 Å². The van der Waals surface area contributed by atoms with Gasteiger partial charge in [0.15, 0.2) is 0 Å². The number of nitrogens with one attached hydrogen (secondary N) is 1. The fourth-order valence-electron chi connectivity index (χ4n) is 3.94. The van der Waals surface area contributed by atoms with Gasteiger partial charge in [0, 0.05) is 19.6 Å². The molecule has 2 heteroatoms. The second kappa shape index (κ2) is 8.53. The van der Waals surface area contributed by atoms with Crippen molar-refractivity contribution in [3.8, 4) is 0 Å². The van der Waals surface area contributed by atoms with Crippen LogP contribution in [0.25, 0.3) is 0 Å². The maximum Gasteiger partial charge on any atom is 0.00501 e. The lowest BCUT2D eigenvalue weighted by atomic mass is 9.79. The first kappa shape index (κ1) is 17.3. The molecule has 21 heavy (non-hydrogen) atoms. The summed E-state index contributed by atoms with van der Waals surface area (Å²) in [7, 11) is 0. The Labute approximate surface area is 133 Å². The molecule has 0 atom stereocenters. The molecule has 2 nitrogen and oxygen atoms in total. The lowest BCUT2D eigenvalue weighted by Crippen LogP contribution is -2.45. The Kier molecular flexibility index (Phi) is 7.01. The van der Waals surface area contributed by atoms with E-state index in [9.17, 15) is 0 Å². The maximum absolute atomic E-state index is 3.79. The first-order valence-electron chi connectivity index (χ1n) is 9.56. The topological polar surface area (TPSA) is 15.3 Å². The minimum absolute atomic E-state index is 0.552. The Morgan fingerprint density at radius 2 is 1.76 bits per heavy atom. The zero-order valence-electron chi connectivity index (χ0n) is 14.8. The molecule has 0 aromatic heterocycles. The summed E-state index contributed by atoms with van der Waals surface area (Å²) in [6, 6.07) is 0. The van der Waals surface area contributed by atoms with Crippen molar-refractivity contribution in [3.63, 3.8) is 0 Å². The normalized spacial score (nSPS) is 22.7. The van der Waals surface area contributed by atoms with E-state index in [2.05, 4.69) is 31.0 Å². The van der Waals surface area contributed by atoms with Crippen molar-refractivity contribution in [2.75, 3.05) is 32.7 Å². The fraction of sp³-hybridized carbons (Fsp3) is 1.00. The monoisotopic (exact) mass is 294 g/mol. The Hall–Kier alpha value is -0.0800. The summed E-state index contributed by atoms with van der Waals surface area (Å²) < 4.78 is 0. The van der Waals surface area contributed by atoms with Crippen LogP contribution in [-0.2, 0) is 0 Å². The molecule has 0 unspecified atom stereocenters. The van der Waals surface area contributed by atoms with E-state index < -0.39 is 0 Å². The molecule has 2 aliphatic carbocycles. The molecule has 0 aliphatic heterocycles. The molecule has 0 aromatic carbocycles. The Morgan fingerprint density at radius 3 is 2.29 bits per heavy atom. The van der Waals surface area contributed by atoms with E-state index in [4.69, 9.17) is 0 Å². The van der Waals surface area contributed by atoms with Gasteiger partial charge in [-0.05, 0) is 56.0 Å². The molecular weight excluding hydrogens is 256 g/mol. The summed E-state index contributed by atoms with van der Waals surface area (Å²) in [4.78, 5) is 2.76. The van der Waals surface area contributed by atoms with Crippen LogP contribution in [0.2, 0.25) is 0 Å². The summed E-state index contributed by atoms with van der Waals surface area (Å²) >= 11 is 0. The molecule has 2 fully saturated rings. The van der Waals surface area contributed by atoms with E-state index >= 15 is 0 Å². The van der Waals surface area contributed by atoms with Crippen LogP contribution in [0.4, 0.5) is 0 Å². The average molecular weight is 295 g/mol. The molecule has 0 heterocycles. The summed E-state index contributed by atoms with van der Waals surface area (Å²) in [5.74, 6) is 1.79. The highest BCUT2D eigenvalue weighted by Gasteiger charge is 2.34. The third kappa shape index (κ3) is 6.28. The Morgan fingerprint density at radius 1 is 1.10 bits per heavy atom. The van der Waals surface area contributed by atoms with Gasteiger partial charge >= 0.3 is 0 Å². The van der Waals surface area contributed by atoms with Crippen LogP contribution in [0.5, 0.6) is 0 Å². The smallest absolute Gasteiger partial charge is 0.00501 e. The van der Waals surface area contributed by atoms with Crippen molar-refractivity contribution < 1.29 is 0 Å². The summed E-state index contributed by atoms with van der Waals surface area (Å²) in [5.41, 5.74) is 0.552. The zero-order valence-corrected chi connectivity index (χ0v) is 14.8. The van der Waals surface area contributed by atoms with Crippen LogP contribution < -0.4 is 5.32 Å². The standard InChI is InChI=1S/C19H38N2/c1-4-21(14-18-9-10-18)16-19(15-20-13-17(2)3)11-7-5-6-8-12-19/h17-18,20H,4-16H2,1-3H3. The van der Waals surface area contributed by atoms with Gasteiger partial charge in [0.2, 0.25) is 0 Å². The lowest BCUT2D eigenvalue weighted by molar-refractivity contribution is 0.126. The summed E-state index contributed by atoms with van der Waals surface area (Å²) in [6.07, 6.45) is 11.7. The third-order valence-electron chi connectivity index (χ3n) is 5.44. The summed E-state index contributed by atoms with van der Waals surface area (Å²) in [6.45, 7) is 13.4. The Balaban J connectivity index is 1.91. The molecule has 0 amide bonds. The van der Waals surface area contributed by atoms with Crippen LogP contribution in [0.1, 0.15) is 72.1 Å². The first-order chi connectivity index (χ1) is 10.1. The van der Waals surface area contributed by atoms with E-state index in [0.29, 0.717) is 5.41 Å². The number of hydrogen-bond donors (Lipinski definition) is 1. The molecule has 0 spiro atoms. The van der Waals surface area contributed by atoms with Crippen molar-refractivity contribution >= 4 is 0 Å². The lowest BCUT2D eigenvalue weighted by Gasteiger charge is -2.38. The minimum Gasteiger partial charge on any atom is -0.316 e. The van der Waals surface area contributed by atoms with Gasteiger partial charge in [0.25, 0.3) is 0 Å². The van der Waals surface area contributed by atoms with Crippen LogP contribution in [0.15, 0.2) is 0 Å². The molecule has 0 bridgehead atoms. The van der Waals surface area contributed by atoms with Crippen molar-refractivity contribution in [1.82, 2.24) is 10.2 Å². The molecule has 2 saturated carbocycles. The van der Waals surface area contributed by atoms with Crippen molar-refractivity contribution in [2.24, 2.45) is 17.3 Å². The molecule has 124 valence electrons. The number of hydrogen-bond acceptors (Lipinski definition) is 2. The quantitative estimate of drug-likeness (QED) is 0.638. The maximum atomic E-state index is 3.79. The molecular formula is C19H38N2. The van der Waals surface area contributed by atoms with E-state index in [1.165, 1.54) is 84.1 Å². The fourth-order valence-corrected chi connectivity index (χ4v) is 3.94. The molecule has 0 aromatic rings. The Bertz CT molecular complexity index is 275. The van der Waals surface area contributed by atoms with Gasteiger partial charge in [-0.15, -0.1) is 0 Å². The molecule has 2 rings (SSSR count). The highest BCUT2D eigenvalue weighted by molar-refractivity contribution is 4.88. The summed E-state index contributed by atoms with van der Waals surface area (Å²) in [5, 5.41) is 3.79. The van der Waals surface area contributed by atoms with Gasteiger partial charge in [-0.25, -0.2) is 0 Å². The molecule has 0 saturated heterocycles. The minimum atomic E-state index is 0.552. The molecule has 0 radical (unpaired) electrons. The van der Waals surface area contributed by atoms with E-state index in [-0.39, 0.29) is 0 Å². The van der Waals surface area contributed by atoms with Crippen LogP contribution in [0, 0.1) is 17.3 Å². The van der Waals surface area contributed by atoms with E-state index in [0.717, 1.165) is 11.8 Å². The zero-order chi connectivity index (χ0) is 15.1. The largest absolute Gasteiger partial charge is 0.316 e. The molecule has 2 aliphatic rings. The van der Waals surface area contributed by atoms with Crippen molar-refractivity contribution in [2.45, 2.75) is 72.1 Å².